The number of unbranched alkanes of at least 4 members (excludes halogenated alkanes) is 2. The standard InChI is InChI=1S/C37H49N5O8S/c1-25-22-42(26(2)24-43)37(46)21-27-20-28(39-35(44)12-6-5-7-13-36(45)40-32-11-9-8-10-31(32)38)14-19-33(27)50-34(25)23-41(3)51(47,48)30-17-15-29(49-4)16-18-30/h8-11,14-20,25-26,34,43H,5-7,12-13,21-24,38H2,1-4H3,(H,39,44)(H,40,45)/t25-,26-,34-/m1/s1. The molecule has 276 valence electrons. The fraction of sp³-hybridized carbons (Fsp3) is 0.432. The number of nitrogens with zero attached hydrogens (tertiary/aromatic N) is 2. The number of carbonyl (C=O) groups is 3. The third kappa shape index (κ3) is 10.7. The molecule has 0 saturated heterocycles. The van der Waals surface area contributed by atoms with Gasteiger partial charge in [-0.3, -0.25) is 14.4 Å². The second-order valence-corrected chi connectivity index (χ2v) is 15.0. The van der Waals surface area contributed by atoms with E-state index < -0.39 is 22.2 Å². The molecular weight excluding hydrogens is 675 g/mol. The summed E-state index contributed by atoms with van der Waals surface area (Å²) in [5.41, 5.74) is 7.97. The van der Waals surface area contributed by atoms with Gasteiger partial charge in [-0.15, -0.1) is 0 Å². The van der Waals surface area contributed by atoms with Gasteiger partial charge in [-0.2, -0.15) is 4.31 Å². The first-order chi connectivity index (χ1) is 24.3. The largest absolute Gasteiger partial charge is 0.497 e. The highest BCUT2D eigenvalue weighted by Crippen LogP contribution is 2.30. The molecule has 1 aliphatic rings. The number of sulfonamides is 1. The van der Waals surface area contributed by atoms with E-state index in [1.807, 2.05) is 6.92 Å². The SMILES string of the molecule is COc1ccc(S(=O)(=O)N(C)C[C@H]2Oc3ccc(NC(=O)CCCCCC(=O)Nc4ccccc4N)cc3CC(=O)N([C@H](C)CO)C[C@H]2C)cc1. The second kappa shape index (κ2) is 18.0. The topological polar surface area (TPSA) is 181 Å². The molecule has 14 heteroatoms. The molecule has 0 fully saturated rings. The van der Waals surface area contributed by atoms with Crippen molar-refractivity contribution in [2.24, 2.45) is 5.92 Å². The lowest BCUT2D eigenvalue weighted by Crippen LogP contribution is -2.48. The number of nitrogen functional groups attached to an aromatic ring is 1. The first kappa shape index (κ1) is 39.1. The zero-order chi connectivity index (χ0) is 37.1. The minimum absolute atomic E-state index is 0.00896. The number of anilines is 3. The molecule has 51 heavy (non-hydrogen) atoms. The molecule has 1 aliphatic heterocycles. The Hall–Kier alpha value is -4.66. The predicted octanol–water partition coefficient (Wildman–Crippen LogP) is 4.27. The fourth-order valence-corrected chi connectivity index (χ4v) is 6.98. The molecule has 3 aromatic rings. The minimum Gasteiger partial charge on any atom is -0.497 e. The molecule has 0 unspecified atom stereocenters. The Morgan fingerprint density at radius 3 is 2.35 bits per heavy atom. The Labute approximate surface area is 300 Å². The Kier molecular flexibility index (Phi) is 13.8. The number of hydrogen-bond acceptors (Lipinski definition) is 9. The molecule has 0 radical (unpaired) electrons. The maximum atomic E-state index is 13.6. The van der Waals surface area contributed by atoms with Crippen molar-refractivity contribution in [3.63, 3.8) is 0 Å². The molecule has 0 spiro atoms. The van der Waals surface area contributed by atoms with Gasteiger partial charge in [0.2, 0.25) is 27.7 Å². The Balaban J connectivity index is 1.42. The first-order valence-corrected chi connectivity index (χ1v) is 18.5. The van der Waals surface area contributed by atoms with E-state index >= 15 is 0 Å². The van der Waals surface area contributed by atoms with Crippen molar-refractivity contribution >= 4 is 44.8 Å². The average molecular weight is 724 g/mol. The number of hydrogen-bond donors (Lipinski definition) is 4. The lowest BCUT2D eigenvalue weighted by molar-refractivity contribution is -0.134. The van der Waals surface area contributed by atoms with Crippen molar-refractivity contribution in [1.82, 2.24) is 9.21 Å². The third-order valence-corrected chi connectivity index (χ3v) is 10.8. The first-order valence-electron chi connectivity index (χ1n) is 17.1. The molecule has 0 saturated carbocycles. The van der Waals surface area contributed by atoms with E-state index in [4.69, 9.17) is 15.2 Å². The number of nitrogens with one attached hydrogen (secondary N) is 2. The smallest absolute Gasteiger partial charge is 0.242 e. The van der Waals surface area contributed by atoms with Crippen LogP contribution < -0.4 is 25.8 Å². The molecule has 3 aromatic carbocycles. The molecular formula is C37H49N5O8S. The number of aliphatic hydroxyl groups is 1. The van der Waals surface area contributed by atoms with Crippen LogP contribution in [0.4, 0.5) is 17.1 Å². The van der Waals surface area contributed by atoms with Gasteiger partial charge in [0.25, 0.3) is 0 Å². The Bertz CT molecular complexity index is 1770. The summed E-state index contributed by atoms with van der Waals surface area (Å²) < 4.78 is 39.8. The number of amides is 3. The highest BCUT2D eigenvalue weighted by Gasteiger charge is 2.33. The quantitative estimate of drug-likeness (QED) is 0.132. The number of aliphatic hydroxyl groups excluding tert-OH is 1. The lowest BCUT2D eigenvalue weighted by Gasteiger charge is -2.33. The number of ether oxygens (including phenoxy) is 2. The number of rotatable bonds is 15. The van der Waals surface area contributed by atoms with Gasteiger partial charge in [-0.05, 0) is 74.4 Å². The van der Waals surface area contributed by atoms with Gasteiger partial charge >= 0.3 is 0 Å². The number of fused-ring (bicyclic) bond motifs is 1. The van der Waals surface area contributed by atoms with Gasteiger partial charge in [-0.1, -0.05) is 25.5 Å². The summed E-state index contributed by atoms with van der Waals surface area (Å²) >= 11 is 0. The predicted molar refractivity (Wildman–Crippen MR) is 196 cm³/mol. The van der Waals surface area contributed by atoms with E-state index in [0.29, 0.717) is 59.8 Å². The lowest BCUT2D eigenvalue weighted by atomic mass is 10.0. The number of benzene rings is 3. The van der Waals surface area contributed by atoms with Gasteiger partial charge in [0, 0.05) is 43.6 Å². The van der Waals surface area contributed by atoms with Crippen molar-refractivity contribution in [2.45, 2.75) is 69.4 Å². The highest BCUT2D eigenvalue weighted by atomic mass is 32.2. The van der Waals surface area contributed by atoms with Crippen molar-refractivity contribution in [3.8, 4) is 11.5 Å². The Morgan fingerprint density at radius 1 is 1.04 bits per heavy atom. The van der Waals surface area contributed by atoms with Crippen LogP contribution in [0, 0.1) is 5.92 Å². The van der Waals surface area contributed by atoms with Crippen LogP contribution in [0.1, 0.15) is 51.5 Å². The summed E-state index contributed by atoms with van der Waals surface area (Å²) in [4.78, 5) is 40.4. The summed E-state index contributed by atoms with van der Waals surface area (Å²) in [6, 6.07) is 17.8. The van der Waals surface area contributed by atoms with Crippen LogP contribution >= 0.6 is 0 Å². The summed E-state index contributed by atoms with van der Waals surface area (Å²) in [6.07, 6.45) is 1.73. The van der Waals surface area contributed by atoms with Crippen LogP contribution in [0.2, 0.25) is 0 Å². The normalized spacial score (nSPS) is 17.0. The van der Waals surface area contributed by atoms with Crippen LogP contribution in [0.5, 0.6) is 11.5 Å². The molecule has 13 nitrogen and oxygen atoms in total. The maximum absolute atomic E-state index is 13.6. The van der Waals surface area contributed by atoms with Gasteiger partial charge in [-0.25, -0.2) is 8.42 Å². The highest BCUT2D eigenvalue weighted by molar-refractivity contribution is 7.89. The molecule has 1 heterocycles. The van der Waals surface area contributed by atoms with E-state index in [9.17, 15) is 27.9 Å². The Morgan fingerprint density at radius 2 is 1.71 bits per heavy atom. The number of para-hydroxylation sites is 2. The van der Waals surface area contributed by atoms with E-state index in [2.05, 4.69) is 10.6 Å². The number of nitrogens with two attached hydrogens (primary N) is 1. The van der Waals surface area contributed by atoms with Crippen LogP contribution in [-0.2, 0) is 30.8 Å². The minimum atomic E-state index is -3.88. The molecule has 0 aliphatic carbocycles. The molecule has 5 N–H and O–H groups in total. The monoisotopic (exact) mass is 723 g/mol. The zero-order valence-corrected chi connectivity index (χ0v) is 30.4. The summed E-state index contributed by atoms with van der Waals surface area (Å²) in [5.74, 6) is 0.0494. The second-order valence-electron chi connectivity index (χ2n) is 12.9. The molecule has 3 amide bonds. The van der Waals surface area contributed by atoms with Crippen LogP contribution in [0.25, 0.3) is 0 Å². The fourth-order valence-electron chi connectivity index (χ4n) is 5.80. The average Bonchev–Trinajstić information content (AvgIpc) is 3.15. The van der Waals surface area contributed by atoms with E-state index in [-0.39, 0.29) is 61.1 Å². The van der Waals surface area contributed by atoms with Gasteiger partial charge in [0.15, 0.2) is 0 Å². The zero-order valence-electron chi connectivity index (χ0n) is 29.6. The van der Waals surface area contributed by atoms with Gasteiger partial charge in [0.05, 0.1) is 49.0 Å². The van der Waals surface area contributed by atoms with Gasteiger partial charge in [0.1, 0.15) is 17.6 Å². The van der Waals surface area contributed by atoms with Crippen LogP contribution in [0.3, 0.4) is 0 Å². The third-order valence-electron chi connectivity index (χ3n) is 8.95. The van der Waals surface area contributed by atoms with E-state index in [0.717, 1.165) is 0 Å². The molecule has 0 bridgehead atoms. The maximum Gasteiger partial charge on any atom is 0.242 e. The van der Waals surface area contributed by atoms with Crippen molar-refractivity contribution in [1.29, 1.82) is 0 Å². The van der Waals surface area contributed by atoms with Crippen molar-refractivity contribution in [2.75, 3.05) is 50.2 Å². The van der Waals surface area contributed by atoms with Crippen molar-refractivity contribution in [3.05, 3.63) is 72.3 Å². The van der Waals surface area contributed by atoms with E-state index in [1.54, 1.807) is 66.4 Å². The summed E-state index contributed by atoms with van der Waals surface area (Å²) in [5, 5.41) is 15.6. The molecule has 4 rings (SSSR count). The molecule has 0 aromatic heterocycles. The van der Waals surface area contributed by atoms with Crippen LogP contribution in [-0.4, -0.2) is 86.5 Å². The van der Waals surface area contributed by atoms with Gasteiger partial charge < -0.3 is 35.8 Å². The van der Waals surface area contributed by atoms with Crippen molar-refractivity contribution < 1.29 is 37.4 Å². The molecule has 3 atom stereocenters. The number of carbonyl (C=O) groups excluding carboxylic acids is 3. The van der Waals surface area contributed by atoms with E-state index in [1.165, 1.54) is 30.6 Å². The number of methoxy groups -OCH3 is 1. The number of likely N-dealkylation sites (N-methyl/N-ethyl adjacent to an activating group) is 1. The summed E-state index contributed by atoms with van der Waals surface area (Å²) in [7, 11) is -0.898. The van der Waals surface area contributed by atoms with Crippen LogP contribution in [0.15, 0.2) is 71.6 Å². The summed E-state index contributed by atoms with van der Waals surface area (Å²) in [6.45, 7) is 3.62.